The molecule has 6 nitrogen and oxygen atoms in total. The number of halogens is 3. The van der Waals surface area contributed by atoms with E-state index in [-0.39, 0.29) is 17.3 Å². The van der Waals surface area contributed by atoms with Crippen LogP contribution < -0.4 is 5.32 Å². The number of hydrogen-bond donors (Lipinski definition) is 2. The van der Waals surface area contributed by atoms with E-state index < -0.39 is 5.82 Å². The van der Waals surface area contributed by atoms with Crippen LogP contribution in [0.3, 0.4) is 0 Å². The fourth-order valence-electron chi connectivity index (χ4n) is 3.84. The summed E-state index contributed by atoms with van der Waals surface area (Å²) in [6, 6.07) is 7.26. The van der Waals surface area contributed by atoms with E-state index in [0.29, 0.717) is 46.9 Å². The van der Waals surface area contributed by atoms with Crippen molar-refractivity contribution in [2.75, 3.05) is 44.7 Å². The number of morpholine rings is 1. The van der Waals surface area contributed by atoms with Crippen molar-refractivity contribution in [2.24, 2.45) is 10.1 Å². The first kappa shape index (κ1) is 21.7. The van der Waals surface area contributed by atoms with Crippen molar-refractivity contribution >= 4 is 28.8 Å². The number of nitrogens with zero attached hydrogens (tertiary/aromatic N) is 3. The molecule has 0 radical (unpaired) electrons. The molecule has 2 N–H and O–H groups in total. The highest BCUT2D eigenvalue weighted by Crippen LogP contribution is 2.31. The molecule has 0 amide bonds. The number of nitrogens with one attached hydrogen (secondary N) is 1. The quantitative estimate of drug-likeness (QED) is 0.401. The van der Waals surface area contributed by atoms with E-state index in [4.69, 9.17) is 16.3 Å². The van der Waals surface area contributed by atoms with Gasteiger partial charge in [-0.05, 0) is 35.4 Å². The fraction of sp³-hybridized carbons (Fsp3) is 0.364. The summed E-state index contributed by atoms with van der Waals surface area (Å²) in [5.74, 6) is -0.228. The van der Waals surface area contributed by atoms with Crippen LogP contribution in [0.2, 0.25) is 5.02 Å². The van der Waals surface area contributed by atoms with Crippen LogP contribution in [0.25, 0.3) is 0 Å². The van der Waals surface area contributed by atoms with Gasteiger partial charge in [-0.1, -0.05) is 22.8 Å². The summed E-state index contributed by atoms with van der Waals surface area (Å²) >= 11 is 5.86. The van der Waals surface area contributed by atoms with Gasteiger partial charge in [0, 0.05) is 38.0 Å². The lowest BCUT2D eigenvalue weighted by Gasteiger charge is -2.25. The predicted molar refractivity (Wildman–Crippen MR) is 117 cm³/mol. The molecule has 1 saturated heterocycles. The number of amidine groups is 1. The molecule has 0 spiro atoms. The average Bonchev–Trinajstić information content (AvgIpc) is 3.21. The lowest BCUT2D eigenvalue weighted by molar-refractivity contribution is 0.0394. The topological polar surface area (TPSA) is 69.5 Å². The smallest absolute Gasteiger partial charge is 0.147 e. The van der Waals surface area contributed by atoms with Crippen molar-refractivity contribution in [3.8, 4) is 0 Å². The zero-order chi connectivity index (χ0) is 21.8. The number of benzene rings is 2. The van der Waals surface area contributed by atoms with Crippen molar-refractivity contribution in [2.45, 2.75) is 12.8 Å². The van der Waals surface area contributed by atoms with Gasteiger partial charge in [-0.2, -0.15) is 0 Å². The molecule has 2 aromatic rings. The lowest BCUT2D eigenvalue weighted by Crippen LogP contribution is -2.37. The molecule has 2 aliphatic heterocycles. The summed E-state index contributed by atoms with van der Waals surface area (Å²) in [5.41, 5.74) is 2.68. The molecule has 0 bridgehead atoms. The minimum absolute atomic E-state index is 0.00419. The van der Waals surface area contributed by atoms with E-state index in [1.54, 1.807) is 12.1 Å². The van der Waals surface area contributed by atoms with Crippen LogP contribution >= 0.6 is 11.6 Å². The van der Waals surface area contributed by atoms with E-state index in [1.807, 2.05) is 0 Å². The predicted octanol–water partition coefficient (Wildman–Crippen LogP) is 3.74. The zero-order valence-electron chi connectivity index (χ0n) is 16.9. The van der Waals surface area contributed by atoms with Gasteiger partial charge in [-0.3, -0.25) is 9.89 Å². The molecule has 0 saturated carbocycles. The van der Waals surface area contributed by atoms with Gasteiger partial charge in [0.2, 0.25) is 0 Å². The van der Waals surface area contributed by atoms with Gasteiger partial charge in [0.25, 0.3) is 0 Å². The monoisotopic (exact) mass is 448 g/mol. The van der Waals surface area contributed by atoms with Gasteiger partial charge < -0.3 is 15.3 Å². The number of anilines is 1. The Morgan fingerprint density at radius 3 is 2.68 bits per heavy atom. The first-order valence-electron chi connectivity index (χ1n) is 10.1. The van der Waals surface area contributed by atoms with Crippen LogP contribution in [0.1, 0.15) is 16.7 Å². The highest BCUT2D eigenvalue weighted by molar-refractivity contribution is 6.30. The number of fused-ring (bicyclic) bond motifs is 1. The normalized spacial score (nSPS) is 18.3. The molecular formula is C22H23ClF2N4O2. The number of aliphatic imine (C=N–C) groups is 1. The molecular weight excluding hydrogens is 426 g/mol. The lowest BCUT2D eigenvalue weighted by atomic mass is 9.96. The molecule has 2 aromatic carbocycles. The summed E-state index contributed by atoms with van der Waals surface area (Å²) in [4.78, 5) is 6.88. The van der Waals surface area contributed by atoms with Crippen LogP contribution in [-0.4, -0.2) is 61.0 Å². The first-order valence-corrected chi connectivity index (χ1v) is 10.5. The fourth-order valence-corrected chi connectivity index (χ4v) is 4.04. The Morgan fingerprint density at radius 1 is 1.16 bits per heavy atom. The Kier molecular flexibility index (Phi) is 6.80. The second-order valence-corrected chi connectivity index (χ2v) is 7.91. The highest BCUT2D eigenvalue weighted by atomic mass is 35.5. The van der Waals surface area contributed by atoms with Crippen LogP contribution in [0.15, 0.2) is 40.5 Å². The van der Waals surface area contributed by atoms with Crippen molar-refractivity contribution in [1.82, 2.24) is 4.90 Å². The summed E-state index contributed by atoms with van der Waals surface area (Å²) in [6.07, 6.45) is 0.632. The number of ether oxygens (including phenoxy) is 1. The van der Waals surface area contributed by atoms with Crippen LogP contribution in [0.5, 0.6) is 0 Å². The maximum absolute atomic E-state index is 14.4. The van der Waals surface area contributed by atoms with Crippen molar-refractivity contribution < 1.29 is 18.7 Å². The second kappa shape index (κ2) is 9.72. The summed E-state index contributed by atoms with van der Waals surface area (Å²) in [6.45, 7) is 4.66. The molecule has 1 fully saturated rings. The third-order valence-electron chi connectivity index (χ3n) is 5.49. The van der Waals surface area contributed by atoms with Crippen molar-refractivity contribution in [3.05, 3.63) is 63.7 Å². The number of hydrogen-bond acceptors (Lipinski definition) is 5. The van der Waals surface area contributed by atoms with Crippen molar-refractivity contribution in [1.29, 1.82) is 0 Å². The second-order valence-electron chi connectivity index (χ2n) is 7.50. The zero-order valence-corrected chi connectivity index (χ0v) is 17.6. The maximum atomic E-state index is 14.4. The standard InChI is InChI=1S/C22H23ClF2N4O2/c23-17-11-14(1-3-18(17)24)12-20(28-30)15-2-4-19(25)22-16(15)13-21(27-22)26-5-6-29-7-9-31-10-8-29/h1-4,11,30H,5-10,12-13H2,(H,26,27)/b28-20+. The summed E-state index contributed by atoms with van der Waals surface area (Å²) in [7, 11) is 0. The molecule has 0 aromatic heterocycles. The molecule has 31 heavy (non-hydrogen) atoms. The van der Waals surface area contributed by atoms with Gasteiger partial charge in [-0.15, -0.1) is 0 Å². The SMILES string of the molecule is O/N=C(\Cc1ccc(F)c(Cl)c1)c1ccc(F)c2c1CC(=NCCN1CCOCC1)N2. The largest absolute Gasteiger partial charge is 0.411 e. The van der Waals surface area contributed by atoms with Crippen molar-refractivity contribution in [3.63, 3.8) is 0 Å². The Balaban J connectivity index is 1.50. The molecule has 0 unspecified atom stereocenters. The Hall–Kier alpha value is -2.55. The minimum Gasteiger partial charge on any atom is -0.411 e. The van der Waals surface area contributed by atoms with Gasteiger partial charge in [0.1, 0.15) is 17.5 Å². The molecule has 2 heterocycles. The van der Waals surface area contributed by atoms with E-state index >= 15 is 0 Å². The minimum atomic E-state index is -0.516. The Morgan fingerprint density at radius 2 is 1.94 bits per heavy atom. The van der Waals surface area contributed by atoms with E-state index in [1.165, 1.54) is 18.2 Å². The maximum Gasteiger partial charge on any atom is 0.147 e. The molecule has 2 aliphatic rings. The average molecular weight is 449 g/mol. The summed E-state index contributed by atoms with van der Waals surface area (Å²) in [5, 5.41) is 16.1. The Bertz CT molecular complexity index is 1020. The van der Waals surface area contributed by atoms with E-state index in [0.717, 1.165) is 32.8 Å². The number of oxime groups is 1. The van der Waals surface area contributed by atoms with E-state index in [2.05, 4.69) is 20.4 Å². The van der Waals surface area contributed by atoms with Crippen LogP contribution in [0, 0.1) is 11.6 Å². The van der Waals surface area contributed by atoms with Gasteiger partial charge in [0.15, 0.2) is 0 Å². The third-order valence-corrected chi connectivity index (χ3v) is 5.78. The third kappa shape index (κ3) is 5.03. The summed E-state index contributed by atoms with van der Waals surface area (Å²) < 4.78 is 33.2. The molecule has 4 rings (SSSR count). The Labute approximate surface area is 184 Å². The van der Waals surface area contributed by atoms with Gasteiger partial charge in [-0.25, -0.2) is 8.78 Å². The molecule has 9 heteroatoms. The van der Waals surface area contributed by atoms with Gasteiger partial charge >= 0.3 is 0 Å². The number of rotatable bonds is 6. The van der Waals surface area contributed by atoms with Gasteiger partial charge in [0.05, 0.1) is 36.2 Å². The highest BCUT2D eigenvalue weighted by Gasteiger charge is 2.25. The first-order chi connectivity index (χ1) is 15.0. The molecule has 0 aliphatic carbocycles. The van der Waals surface area contributed by atoms with E-state index in [9.17, 15) is 14.0 Å². The van der Waals surface area contributed by atoms with Crippen LogP contribution in [0.4, 0.5) is 14.5 Å². The van der Waals surface area contributed by atoms with Crippen LogP contribution in [-0.2, 0) is 17.6 Å². The molecule has 164 valence electrons. The molecule has 0 atom stereocenters.